The standard InChI is InChI=1S/C15H22N2O2/c1-3-16-12-6-4-11(5-7-12)15(18)17-13-8-9-14(10-13)19-2/h4-7,13-14,16H,3,8-10H2,1-2H3,(H,17,18). The van der Waals surface area contributed by atoms with Crippen molar-refractivity contribution in [3.8, 4) is 0 Å². The number of rotatable bonds is 5. The van der Waals surface area contributed by atoms with Crippen LogP contribution in [0.1, 0.15) is 36.5 Å². The van der Waals surface area contributed by atoms with Crippen molar-refractivity contribution in [3.05, 3.63) is 29.8 Å². The fourth-order valence-electron chi connectivity index (χ4n) is 2.50. The highest BCUT2D eigenvalue weighted by Crippen LogP contribution is 2.21. The van der Waals surface area contributed by atoms with Crippen molar-refractivity contribution in [3.63, 3.8) is 0 Å². The zero-order valence-electron chi connectivity index (χ0n) is 11.6. The minimum Gasteiger partial charge on any atom is -0.385 e. The van der Waals surface area contributed by atoms with Crippen molar-refractivity contribution in [2.75, 3.05) is 19.0 Å². The van der Waals surface area contributed by atoms with E-state index in [0.29, 0.717) is 11.7 Å². The lowest BCUT2D eigenvalue weighted by Crippen LogP contribution is -2.33. The minimum absolute atomic E-state index is 0.00445. The number of hydrogen-bond donors (Lipinski definition) is 2. The van der Waals surface area contributed by atoms with Crippen LogP contribution in [0.2, 0.25) is 0 Å². The highest BCUT2D eigenvalue weighted by Gasteiger charge is 2.25. The molecule has 4 heteroatoms. The Bertz CT molecular complexity index is 417. The zero-order valence-corrected chi connectivity index (χ0v) is 11.6. The third-order valence-electron chi connectivity index (χ3n) is 3.58. The van der Waals surface area contributed by atoms with Gasteiger partial charge in [-0.2, -0.15) is 0 Å². The van der Waals surface area contributed by atoms with Crippen molar-refractivity contribution in [1.82, 2.24) is 5.32 Å². The van der Waals surface area contributed by atoms with Crippen LogP contribution in [0.5, 0.6) is 0 Å². The van der Waals surface area contributed by atoms with Gasteiger partial charge in [0.15, 0.2) is 0 Å². The number of nitrogens with one attached hydrogen (secondary N) is 2. The summed E-state index contributed by atoms with van der Waals surface area (Å²) in [5.74, 6) is 0.00445. The number of anilines is 1. The van der Waals surface area contributed by atoms with E-state index in [-0.39, 0.29) is 11.9 Å². The van der Waals surface area contributed by atoms with Crippen molar-refractivity contribution in [2.45, 2.75) is 38.3 Å². The molecule has 2 unspecified atom stereocenters. The SMILES string of the molecule is CCNc1ccc(C(=O)NC2CCC(OC)C2)cc1. The van der Waals surface area contributed by atoms with Gasteiger partial charge in [0.05, 0.1) is 6.10 Å². The molecule has 0 heterocycles. The highest BCUT2D eigenvalue weighted by molar-refractivity contribution is 5.94. The van der Waals surface area contributed by atoms with E-state index in [9.17, 15) is 4.79 Å². The number of carbonyl (C=O) groups excluding carboxylic acids is 1. The minimum atomic E-state index is 0.00445. The van der Waals surface area contributed by atoms with Gasteiger partial charge in [-0.05, 0) is 50.5 Å². The number of benzene rings is 1. The van der Waals surface area contributed by atoms with Crippen LogP contribution in [0.3, 0.4) is 0 Å². The summed E-state index contributed by atoms with van der Waals surface area (Å²) in [6.45, 7) is 2.93. The van der Waals surface area contributed by atoms with Gasteiger partial charge < -0.3 is 15.4 Å². The zero-order chi connectivity index (χ0) is 13.7. The van der Waals surface area contributed by atoms with Crippen LogP contribution in [0.4, 0.5) is 5.69 Å². The number of ether oxygens (including phenoxy) is 1. The Morgan fingerprint density at radius 2 is 2.05 bits per heavy atom. The maximum Gasteiger partial charge on any atom is 0.251 e. The second-order valence-electron chi connectivity index (χ2n) is 4.95. The van der Waals surface area contributed by atoms with E-state index in [1.807, 2.05) is 31.2 Å². The Hall–Kier alpha value is -1.55. The Kier molecular flexibility index (Phi) is 4.80. The van der Waals surface area contributed by atoms with Crippen LogP contribution in [-0.2, 0) is 4.74 Å². The topological polar surface area (TPSA) is 50.4 Å². The maximum atomic E-state index is 12.1. The van der Waals surface area contributed by atoms with Gasteiger partial charge in [-0.3, -0.25) is 4.79 Å². The Morgan fingerprint density at radius 1 is 1.32 bits per heavy atom. The molecular formula is C15H22N2O2. The molecule has 19 heavy (non-hydrogen) atoms. The van der Waals surface area contributed by atoms with Crippen LogP contribution >= 0.6 is 0 Å². The fourth-order valence-corrected chi connectivity index (χ4v) is 2.50. The van der Waals surface area contributed by atoms with E-state index in [0.717, 1.165) is 31.5 Å². The molecule has 2 atom stereocenters. The molecule has 104 valence electrons. The molecule has 1 aromatic carbocycles. The van der Waals surface area contributed by atoms with Crippen LogP contribution in [0, 0.1) is 0 Å². The fraction of sp³-hybridized carbons (Fsp3) is 0.533. The van der Waals surface area contributed by atoms with Crippen molar-refractivity contribution in [1.29, 1.82) is 0 Å². The summed E-state index contributed by atoms with van der Waals surface area (Å²) in [5, 5.41) is 6.28. The average Bonchev–Trinajstić information content (AvgIpc) is 2.87. The summed E-state index contributed by atoms with van der Waals surface area (Å²) in [4.78, 5) is 12.1. The number of hydrogen-bond acceptors (Lipinski definition) is 3. The maximum absolute atomic E-state index is 12.1. The second kappa shape index (κ2) is 6.57. The highest BCUT2D eigenvalue weighted by atomic mass is 16.5. The van der Waals surface area contributed by atoms with E-state index in [1.54, 1.807) is 7.11 Å². The lowest BCUT2D eigenvalue weighted by Gasteiger charge is -2.13. The predicted octanol–water partition coefficient (Wildman–Crippen LogP) is 2.42. The molecule has 0 aromatic heterocycles. The van der Waals surface area contributed by atoms with Crippen molar-refractivity contribution < 1.29 is 9.53 Å². The lowest BCUT2D eigenvalue weighted by molar-refractivity contribution is 0.0915. The molecule has 4 nitrogen and oxygen atoms in total. The van der Waals surface area contributed by atoms with E-state index in [4.69, 9.17) is 4.74 Å². The van der Waals surface area contributed by atoms with E-state index >= 15 is 0 Å². The molecule has 0 radical (unpaired) electrons. The molecule has 2 N–H and O–H groups in total. The number of methoxy groups -OCH3 is 1. The van der Waals surface area contributed by atoms with Crippen LogP contribution in [0.15, 0.2) is 24.3 Å². The Morgan fingerprint density at radius 3 is 2.63 bits per heavy atom. The first kappa shape index (κ1) is 13.9. The number of amides is 1. The summed E-state index contributed by atoms with van der Waals surface area (Å²) < 4.78 is 5.31. The lowest BCUT2D eigenvalue weighted by atomic mass is 10.1. The molecule has 0 aliphatic heterocycles. The molecule has 1 aromatic rings. The van der Waals surface area contributed by atoms with Gasteiger partial charge in [0.2, 0.25) is 0 Å². The number of carbonyl (C=O) groups is 1. The third-order valence-corrected chi connectivity index (χ3v) is 3.58. The quantitative estimate of drug-likeness (QED) is 0.856. The molecule has 1 aliphatic carbocycles. The van der Waals surface area contributed by atoms with Gasteiger partial charge in [0.1, 0.15) is 0 Å². The monoisotopic (exact) mass is 262 g/mol. The summed E-state index contributed by atoms with van der Waals surface area (Å²) in [6.07, 6.45) is 3.24. The first-order valence-electron chi connectivity index (χ1n) is 6.90. The smallest absolute Gasteiger partial charge is 0.251 e. The molecule has 1 fully saturated rings. The molecule has 0 saturated heterocycles. The van der Waals surface area contributed by atoms with E-state index < -0.39 is 0 Å². The van der Waals surface area contributed by atoms with E-state index in [2.05, 4.69) is 10.6 Å². The molecule has 1 saturated carbocycles. The summed E-state index contributed by atoms with van der Waals surface area (Å²) in [5.41, 5.74) is 1.75. The van der Waals surface area contributed by atoms with Gasteiger partial charge in [0, 0.05) is 30.9 Å². The van der Waals surface area contributed by atoms with Crippen LogP contribution < -0.4 is 10.6 Å². The summed E-state index contributed by atoms with van der Waals surface area (Å²) >= 11 is 0. The van der Waals surface area contributed by atoms with E-state index in [1.165, 1.54) is 0 Å². The predicted molar refractivity (Wildman–Crippen MR) is 76.5 cm³/mol. The second-order valence-corrected chi connectivity index (χ2v) is 4.95. The average molecular weight is 262 g/mol. The molecule has 2 rings (SSSR count). The van der Waals surface area contributed by atoms with Crippen molar-refractivity contribution >= 4 is 11.6 Å². The van der Waals surface area contributed by atoms with Gasteiger partial charge in [0.25, 0.3) is 5.91 Å². The van der Waals surface area contributed by atoms with Gasteiger partial charge >= 0.3 is 0 Å². The molecule has 1 aliphatic rings. The van der Waals surface area contributed by atoms with Gasteiger partial charge in [-0.1, -0.05) is 0 Å². The molecular weight excluding hydrogens is 240 g/mol. The Labute approximate surface area is 114 Å². The Balaban J connectivity index is 1.89. The van der Waals surface area contributed by atoms with Gasteiger partial charge in [-0.25, -0.2) is 0 Å². The summed E-state index contributed by atoms with van der Waals surface area (Å²) in [7, 11) is 1.73. The summed E-state index contributed by atoms with van der Waals surface area (Å²) in [6, 6.07) is 7.83. The van der Waals surface area contributed by atoms with Crippen LogP contribution in [0.25, 0.3) is 0 Å². The molecule has 1 amide bonds. The largest absolute Gasteiger partial charge is 0.385 e. The normalized spacial score (nSPS) is 22.2. The first-order valence-corrected chi connectivity index (χ1v) is 6.90. The van der Waals surface area contributed by atoms with Crippen LogP contribution in [-0.4, -0.2) is 31.7 Å². The third kappa shape index (κ3) is 3.70. The molecule has 0 bridgehead atoms. The van der Waals surface area contributed by atoms with Gasteiger partial charge in [-0.15, -0.1) is 0 Å². The van der Waals surface area contributed by atoms with Crippen molar-refractivity contribution in [2.24, 2.45) is 0 Å². The first-order chi connectivity index (χ1) is 9.22. The molecule has 0 spiro atoms.